The number of aromatic nitrogens is 1. The number of amides is 1. The maximum atomic E-state index is 13.9. The largest absolute Gasteiger partial charge is 0.304 e. The van der Waals surface area contributed by atoms with Crippen molar-refractivity contribution in [1.82, 2.24) is 4.98 Å². The number of pyridine rings is 1. The number of hydrogen-bond donors (Lipinski definition) is 0. The van der Waals surface area contributed by atoms with Gasteiger partial charge in [0.25, 0.3) is 5.91 Å². The fraction of sp³-hybridized carbons (Fsp3) is 0.0667. The zero-order chi connectivity index (χ0) is 22.6. The van der Waals surface area contributed by atoms with Crippen molar-refractivity contribution in [3.05, 3.63) is 132 Å². The predicted molar refractivity (Wildman–Crippen MR) is 135 cm³/mol. The standard InChI is InChI=1S/C30H24N2O/c1-22-9-5-6-12-25(22)21-32(26-17-15-24(16-18-26)23-10-3-2-4-11-23)30(33)28-19-20-31-29-14-8-7-13-27(28)29/h2-20H,21H2,1H3. The first-order valence-corrected chi connectivity index (χ1v) is 11.1. The van der Waals surface area contributed by atoms with Crippen molar-refractivity contribution in [2.75, 3.05) is 4.90 Å². The Balaban J connectivity index is 1.57. The molecule has 0 atom stereocenters. The van der Waals surface area contributed by atoms with Crippen LogP contribution in [-0.2, 0) is 6.54 Å². The summed E-state index contributed by atoms with van der Waals surface area (Å²) >= 11 is 0. The monoisotopic (exact) mass is 428 g/mol. The molecule has 0 aliphatic rings. The molecule has 0 bridgehead atoms. The van der Waals surface area contributed by atoms with E-state index in [0.29, 0.717) is 12.1 Å². The number of nitrogens with zero attached hydrogens (tertiary/aromatic N) is 2. The molecule has 1 heterocycles. The molecule has 3 nitrogen and oxygen atoms in total. The van der Waals surface area contributed by atoms with Gasteiger partial charge in [-0.05, 0) is 53.4 Å². The second-order valence-corrected chi connectivity index (χ2v) is 8.11. The quantitative estimate of drug-likeness (QED) is 0.300. The molecule has 4 aromatic carbocycles. The number of fused-ring (bicyclic) bond motifs is 1. The van der Waals surface area contributed by atoms with E-state index >= 15 is 0 Å². The molecule has 0 saturated heterocycles. The third-order valence-electron chi connectivity index (χ3n) is 6.00. The lowest BCUT2D eigenvalue weighted by molar-refractivity contribution is 0.0986. The second-order valence-electron chi connectivity index (χ2n) is 8.11. The first-order valence-electron chi connectivity index (χ1n) is 11.1. The van der Waals surface area contributed by atoms with Crippen LogP contribution in [0.2, 0.25) is 0 Å². The fourth-order valence-corrected chi connectivity index (χ4v) is 4.13. The van der Waals surface area contributed by atoms with Crippen LogP contribution in [0, 0.1) is 6.92 Å². The summed E-state index contributed by atoms with van der Waals surface area (Å²) in [5.74, 6) is -0.0377. The van der Waals surface area contributed by atoms with Crippen LogP contribution in [0.5, 0.6) is 0 Å². The molecular formula is C30H24N2O. The molecule has 0 unspecified atom stereocenters. The lowest BCUT2D eigenvalue weighted by atomic mass is 10.0. The van der Waals surface area contributed by atoms with E-state index in [1.165, 1.54) is 0 Å². The SMILES string of the molecule is Cc1ccccc1CN(C(=O)c1ccnc2ccccc12)c1ccc(-c2ccccc2)cc1. The third-order valence-corrected chi connectivity index (χ3v) is 6.00. The number of carbonyl (C=O) groups is 1. The smallest absolute Gasteiger partial charge is 0.259 e. The summed E-state index contributed by atoms with van der Waals surface area (Å²) < 4.78 is 0. The summed E-state index contributed by atoms with van der Waals surface area (Å²) in [5, 5.41) is 0.862. The van der Waals surface area contributed by atoms with Crippen LogP contribution in [0.3, 0.4) is 0 Å². The number of aryl methyl sites for hydroxylation is 1. The normalized spacial score (nSPS) is 10.8. The van der Waals surface area contributed by atoms with E-state index < -0.39 is 0 Å². The van der Waals surface area contributed by atoms with E-state index in [-0.39, 0.29) is 5.91 Å². The minimum absolute atomic E-state index is 0.0377. The molecular weight excluding hydrogens is 404 g/mol. The molecule has 5 aromatic rings. The van der Waals surface area contributed by atoms with E-state index in [0.717, 1.165) is 38.8 Å². The van der Waals surface area contributed by atoms with Crippen LogP contribution >= 0.6 is 0 Å². The molecule has 1 aromatic heterocycles. The molecule has 1 amide bonds. The zero-order valence-corrected chi connectivity index (χ0v) is 18.5. The number of para-hydroxylation sites is 1. The van der Waals surface area contributed by atoms with Gasteiger partial charge < -0.3 is 4.90 Å². The first-order chi connectivity index (χ1) is 16.2. The van der Waals surface area contributed by atoms with Gasteiger partial charge in [0.15, 0.2) is 0 Å². The van der Waals surface area contributed by atoms with Crippen molar-refractivity contribution in [2.45, 2.75) is 13.5 Å². The minimum atomic E-state index is -0.0377. The van der Waals surface area contributed by atoms with Gasteiger partial charge in [-0.2, -0.15) is 0 Å². The van der Waals surface area contributed by atoms with Gasteiger partial charge in [-0.15, -0.1) is 0 Å². The van der Waals surface area contributed by atoms with E-state index in [2.05, 4.69) is 48.3 Å². The lowest BCUT2D eigenvalue weighted by Crippen LogP contribution is -2.31. The highest BCUT2D eigenvalue weighted by molar-refractivity contribution is 6.13. The number of anilines is 1. The number of rotatable bonds is 5. The van der Waals surface area contributed by atoms with E-state index in [4.69, 9.17) is 0 Å². The van der Waals surface area contributed by atoms with E-state index in [9.17, 15) is 4.79 Å². The van der Waals surface area contributed by atoms with Crippen molar-refractivity contribution in [3.8, 4) is 11.1 Å². The highest BCUT2D eigenvalue weighted by Gasteiger charge is 2.21. The molecule has 160 valence electrons. The molecule has 0 aliphatic heterocycles. The Labute approximate surface area is 194 Å². The van der Waals surface area contributed by atoms with E-state index in [1.807, 2.05) is 77.7 Å². The van der Waals surface area contributed by atoms with Gasteiger partial charge in [0, 0.05) is 17.3 Å². The maximum absolute atomic E-state index is 13.9. The summed E-state index contributed by atoms with van der Waals surface area (Å²) in [4.78, 5) is 20.2. The molecule has 0 N–H and O–H groups in total. The van der Waals surface area contributed by atoms with Gasteiger partial charge in [-0.1, -0.05) is 84.9 Å². The van der Waals surface area contributed by atoms with E-state index in [1.54, 1.807) is 6.20 Å². The predicted octanol–water partition coefficient (Wildman–Crippen LogP) is 7.06. The van der Waals surface area contributed by atoms with Gasteiger partial charge in [-0.3, -0.25) is 9.78 Å². The maximum Gasteiger partial charge on any atom is 0.259 e. The number of carbonyl (C=O) groups excluding carboxylic acids is 1. The molecule has 0 saturated carbocycles. The van der Waals surface area contributed by atoms with Crippen molar-refractivity contribution >= 4 is 22.5 Å². The van der Waals surface area contributed by atoms with Crippen LogP contribution in [0.1, 0.15) is 21.5 Å². The topological polar surface area (TPSA) is 33.2 Å². The summed E-state index contributed by atoms with van der Waals surface area (Å²) in [6.07, 6.45) is 1.71. The number of benzene rings is 4. The Morgan fingerprint density at radius 2 is 1.39 bits per heavy atom. The van der Waals surface area contributed by atoms with Crippen LogP contribution in [-0.4, -0.2) is 10.9 Å². The van der Waals surface area contributed by atoms with Crippen LogP contribution in [0.25, 0.3) is 22.0 Å². The second kappa shape index (κ2) is 9.09. The van der Waals surface area contributed by atoms with Gasteiger partial charge in [-0.25, -0.2) is 0 Å². The summed E-state index contributed by atoms with van der Waals surface area (Å²) in [5.41, 5.74) is 6.90. The van der Waals surface area contributed by atoms with Crippen molar-refractivity contribution in [1.29, 1.82) is 0 Å². The average molecular weight is 429 g/mol. The molecule has 0 fully saturated rings. The average Bonchev–Trinajstić information content (AvgIpc) is 2.88. The summed E-state index contributed by atoms with van der Waals surface area (Å²) in [6.45, 7) is 2.57. The summed E-state index contributed by atoms with van der Waals surface area (Å²) in [7, 11) is 0. The minimum Gasteiger partial charge on any atom is -0.304 e. The lowest BCUT2D eigenvalue weighted by Gasteiger charge is -2.25. The van der Waals surface area contributed by atoms with Crippen molar-refractivity contribution in [3.63, 3.8) is 0 Å². The zero-order valence-electron chi connectivity index (χ0n) is 18.5. The Kier molecular flexibility index (Phi) is 5.69. The molecule has 33 heavy (non-hydrogen) atoms. The molecule has 3 heteroatoms. The van der Waals surface area contributed by atoms with Gasteiger partial charge in [0.05, 0.1) is 17.6 Å². The number of hydrogen-bond acceptors (Lipinski definition) is 2. The molecule has 0 radical (unpaired) electrons. The van der Waals surface area contributed by atoms with Crippen LogP contribution in [0.4, 0.5) is 5.69 Å². The van der Waals surface area contributed by atoms with Gasteiger partial charge in [0.1, 0.15) is 0 Å². The molecule has 0 aliphatic carbocycles. The van der Waals surface area contributed by atoms with Crippen molar-refractivity contribution in [2.24, 2.45) is 0 Å². The fourth-order valence-electron chi connectivity index (χ4n) is 4.13. The van der Waals surface area contributed by atoms with Crippen LogP contribution in [0.15, 0.2) is 115 Å². The van der Waals surface area contributed by atoms with Gasteiger partial charge >= 0.3 is 0 Å². The Bertz CT molecular complexity index is 1400. The van der Waals surface area contributed by atoms with Crippen LogP contribution < -0.4 is 4.90 Å². The highest BCUT2D eigenvalue weighted by Crippen LogP contribution is 2.27. The Morgan fingerprint density at radius 3 is 2.18 bits per heavy atom. The Morgan fingerprint density at radius 1 is 0.727 bits per heavy atom. The summed E-state index contributed by atoms with van der Waals surface area (Å²) in [6, 6.07) is 36.3. The van der Waals surface area contributed by atoms with Gasteiger partial charge in [0.2, 0.25) is 0 Å². The van der Waals surface area contributed by atoms with Crippen molar-refractivity contribution < 1.29 is 4.79 Å². The third kappa shape index (κ3) is 4.26. The first kappa shape index (κ1) is 20.7. The molecule has 5 rings (SSSR count). The highest BCUT2D eigenvalue weighted by atomic mass is 16.2. The molecule has 0 spiro atoms. The Hall–Kier alpha value is -4.24.